The Hall–Kier alpha value is -3.61. The highest BCUT2D eigenvalue weighted by atomic mass is 16.2. The van der Waals surface area contributed by atoms with Crippen LogP contribution in [0.3, 0.4) is 0 Å². The van der Waals surface area contributed by atoms with Crippen LogP contribution in [0.1, 0.15) is 86.7 Å². The van der Waals surface area contributed by atoms with Gasteiger partial charge in [-0.3, -0.25) is 29.4 Å². The Kier molecular flexibility index (Phi) is 7.46. The van der Waals surface area contributed by atoms with Crippen molar-refractivity contribution in [1.82, 2.24) is 10.2 Å². The third-order valence-electron chi connectivity index (χ3n) is 4.77. The number of hydrogen-bond donors (Lipinski definition) is 1. The normalized spacial score (nSPS) is 14.0. The second kappa shape index (κ2) is 9.68. The van der Waals surface area contributed by atoms with Crippen LogP contribution in [-0.2, 0) is 4.79 Å². The van der Waals surface area contributed by atoms with Gasteiger partial charge in [-0.2, -0.15) is 0 Å². The number of rotatable bonds is 1. The van der Waals surface area contributed by atoms with Crippen LogP contribution in [0.2, 0.25) is 0 Å². The number of aryl methyl sites for hydroxylation is 2. The maximum Gasteiger partial charge on any atom is 0.262 e. The first-order chi connectivity index (χ1) is 14.9. The van der Waals surface area contributed by atoms with Gasteiger partial charge in [0.05, 0.1) is 22.3 Å². The standard InChI is InChI=1S/C13H15NO2.C9H7NO2.C3H6O/c1-8-5-6-9-10(7-8)12(16)14(11(9)15)13(2,3)4;1-5-2-3-6-7(4-5)9(12)10-8(6)11;1-2-3-4/h5-7H,1-4H3;2-4H,1H3,(H,10,11,12);3H,2H2,1H3. The quantitative estimate of drug-likeness (QED) is 0.540. The van der Waals surface area contributed by atoms with Crippen LogP contribution >= 0.6 is 0 Å². The molecule has 0 unspecified atom stereocenters. The summed E-state index contributed by atoms with van der Waals surface area (Å²) in [4.78, 5) is 56.8. The topological polar surface area (TPSA) is 101 Å². The van der Waals surface area contributed by atoms with Gasteiger partial charge in [0, 0.05) is 12.0 Å². The molecule has 0 saturated carbocycles. The summed E-state index contributed by atoms with van der Waals surface area (Å²) in [5, 5.41) is 2.23. The molecular formula is C25H28N2O5. The fourth-order valence-electron chi connectivity index (χ4n) is 3.25. The summed E-state index contributed by atoms with van der Waals surface area (Å²) in [5.41, 5.74) is 3.52. The van der Waals surface area contributed by atoms with Gasteiger partial charge in [-0.25, -0.2) is 0 Å². The number of benzene rings is 2. The molecule has 168 valence electrons. The molecule has 1 N–H and O–H groups in total. The molecule has 0 radical (unpaired) electrons. The highest BCUT2D eigenvalue weighted by molar-refractivity contribution is 6.22. The lowest BCUT2D eigenvalue weighted by atomic mass is 10.1. The van der Waals surface area contributed by atoms with Gasteiger partial charge in [0.1, 0.15) is 6.29 Å². The number of carbonyl (C=O) groups excluding carboxylic acids is 5. The third kappa shape index (κ3) is 5.17. The van der Waals surface area contributed by atoms with Crippen LogP contribution < -0.4 is 5.32 Å². The molecule has 0 aliphatic carbocycles. The fourth-order valence-corrected chi connectivity index (χ4v) is 3.25. The lowest BCUT2D eigenvalue weighted by molar-refractivity contribution is -0.107. The minimum absolute atomic E-state index is 0.184. The van der Waals surface area contributed by atoms with Gasteiger partial charge < -0.3 is 4.79 Å². The van der Waals surface area contributed by atoms with E-state index in [-0.39, 0.29) is 23.6 Å². The molecule has 2 heterocycles. The molecule has 2 aromatic rings. The SMILES string of the molecule is CCC=O.Cc1ccc2c(c1)C(=O)N(C(C)(C)C)C2=O.Cc1ccc2c(c1)C(=O)NC2=O. The van der Waals surface area contributed by atoms with Gasteiger partial charge in [0.15, 0.2) is 0 Å². The second-order valence-corrected chi connectivity index (χ2v) is 8.57. The minimum Gasteiger partial charge on any atom is -0.303 e. The molecule has 0 bridgehead atoms. The lowest BCUT2D eigenvalue weighted by Gasteiger charge is -2.29. The van der Waals surface area contributed by atoms with Gasteiger partial charge in [-0.1, -0.05) is 30.2 Å². The number of imide groups is 2. The summed E-state index contributed by atoms with van der Waals surface area (Å²) in [5.74, 6) is -0.961. The largest absolute Gasteiger partial charge is 0.303 e. The predicted molar refractivity (Wildman–Crippen MR) is 121 cm³/mol. The Balaban J connectivity index is 0.000000200. The smallest absolute Gasteiger partial charge is 0.262 e. The Bertz CT molecular complexity index is 1100. The van der Waals surface area contributed by atoms with Gasteiger partial charge >= 0.3 is 0 Å². The van der Waals surface area contributed by atoms with Crippen molar-refractivity contribution in [3.05, 3.63) is 69.8 Å². The summed E-state index contributed by atoms with van der Waals surface area (Å²) in [6.07, 6.45) is 1.51. The van der Waals surface area contributed by atoms with E-state index in [9.17, 15) is 24.0 Å². The molecule has 2 aliphatic heterocycles. The van der Waals surface area contributed by atoms with Crippen molar-refractivity contribution in [3.8, 4) is 0 Å². The molecule has 32 heavy (non-hydrogen) atoms. The molecule has 4 amide bonds. The van der Waals surface area contributed by atoms with Gasteiger partial charge in [-0.15, -0.1) is 0 Å². The maximum absolute atomic E-state index is 12.1. The van der Waals surface area contributed by atoms with Gasteiger partial charge in [0.2, 0.25) is 0 Å². The van der Waals surface area contributed by atoms with Crippen molar-refractivity contribution in [3.63, 3.8) is 0 Å². The Morgan fingerprint density at radius 3 is 1.72 bits per heavy atom. The van der Waals surface area contributed by atoms with E-state index in [1.54, 1.807) is 24.3 Å². The molecule has 2 aromatic carbocycles. The highest BCUT2D eigenvalue weighted by Gasteiger charge is 2.41. The van der Waals surface area contributed by atoms with Crippen molar-refractivity contribution < 1.29 is 24.0 Å². The molecule has 7 nitrogen and oxygen atoms in total. The van der Waals surface area contributed by atoms with Gasteiger partial charge in [-0.05, 0) is 58.9 Å². The number of carbonyl (C=O) groups is 5. The predicted octanol–water partition coefficient (Wildman–Crippen LogP) is 3.86. The van der Waals surface area contributed by atoms with E-state index in [2.05, 4.69) is 5.32 Å². The van der Waals surface area contributed by atoms with Crippen LogP contribution in [0.25, 0.3) is 0 Å². The van der Waals surface area contributed by atoms with Crippen molar-refractivity contribution in [1.29, 1.82) is 0 Å². The number of nitrogens with zero attached hydrogens (tertiary/aromatic N) is 1. The molecule has 0 aromatic heterocycles. The van der Waals surface area contributed by atoms with E-state index in [0.29, 0.717) is 28.7 Å². The zero-order valence-corrected chi connectivity index (χ0v) is 19.2. The van der Waals surface area contributed by atoms with E-state index >= 15 is 0 Å². The zero-order chi connectivity index (χ0) is 24.2. The third-order valence-corrected chi connectivity index (χ3v) is 4.77. The first-order valence-corrected chi connectivity index (χ1v) is 10.3. The van der Waals surface area contributed by atoms with Crippen molar-refractivity contribution in [2.45, 2.75) is 53.5 Å². The van der Waals surface area contributed by atoms with Crippen molar-refractivity contribution >= 4 is 29.9 Å². The Morgan fingerprint density at radius 2 is 1.22 bits per heavy atom. The molecule has 0 atom stereocenters. The van der Waals surface area contributed by atoms with Crippen LogP contribution in [0.5, 0.6) is 0 Å². The van der Waals surface area contributed by atoms with E-state index in [1.807, 2.05) is 53.7 Å². The van der Waals surface area contributed by atoms with Crippen molar-refractivity contribution in [2.24, 2.45) is 0 Å². The van der Waals surface area contributed by atoms with E-state index in [4.69, 9.17) is 0 Å². The summed E-state index contributed by atoms with van der Waals surface area (Å²) in [7, 11) is 0. The van der Waals surface area contributed by atoms with E-state index in [0.717, 1.165) is 17.4 Å². The van der Waals surface area contributed by atoms with Crippen LogP contribution in [0.15, 0.2) is 36.4 Å². The molecular weight excluding hydrogens is 408 g/mol. The molecule has 0 fully saturated rings. The summed E-state index contributed by atoms with van der Waals surface area (Å²) >= 11 is 0. The Morgan fingerprint density at radius 1 is 0.781 bits per heavy atom. The number of amides is 4. The molecule has 0 spiro atoms. The average molecular weight is 437 g/mol. The van der Waals surface area contributed by atoms with Crippen LogP contribution in [0.4, 0.5) is 0 Å². The van der Waals surface area contributed by atoms with Crippen molar-refractivity contribution in [2.75, 3.05) is 0 Å². The molecule has 2 aliphatic rings. The second-order valence-electron chi connectivity index (χ2n) is 8.57. The lowest BCUT2D eigenvalue weighted by Crippen LogP contribution is -2.45. The average Bonchev–Trinajstić information content (AvgIpc) is 3.14. The first kappa shape index (κ1) is 24.7. The highest BCUT2D eigenvalue weighted by Crippen LogP contribution is 2.29. The first-order valence-electron chi connectivity index (χ1n) is 10.3. The zero-order valence-electron chi connectivity index (χ0n) is 19.2. The maximum atomic E-state index is 12.1. The number of fused-ring (bicyclic) bond motifs is 2. The van der Waals surface area contributed by atoms with Crippen LogP contribution in [-0.4, -0.2) is 40.4 Å². The van der Waals surface area contributed by atoms with Gasteiger partial charge in [0.25, 0.3) is 23.6 Å². The number of nitrogens with one attached hydrogen (secondary N) is 1. The molecule has 0 saturated heterocycles. The summed E-state index contributed by atoms with van der Waals surface area (Å²) in [6.45, 7) is 11.2. The Labute approximate surface area is 187 Å². The molecule has 4 rings (SSSR count). The van der Waals surface area contributed by atoms with Crippen LogP contribution in [0, 0.1) is 13.8 Å². The monoisotopic (exact) mass is 436 g/mol. The molecule has 7 heteroatoms. The number of hydrogen-bond acceptors (Lipinski definition) is 5. The number of aldehydes is 1. The fraction of sp³-hybridized carbons (Fsp3) is 0.320. The minimum atomic E-state index is -0.471. The van der Waals surface area contributed by atoms with E-state index < -0.39 is 5.54 Å². The van der Waals surface area contributed by atoms with E-state index in [1.165, 1.54) is 4.90 Å². The summed E-state index contributed by atoms with van der Waals surface area (Å²) in [6, 6.07) is 10.6. The summed E-state index contributed by atoms with van der Waals surface area (Å²) < 4.78 is 0.